The van der Waals surface area contributed by atoms with Crippen molar-refractivity contribution < 1.29 is 13.2 Å². The molecule has 0 fully saturated rings. The van der Waals surface area contributed by atoms with E-state index >= 15 is 0 Å². The highest BCUT2D eigenvalue weighted by Gasteiger charge is 2.21. The van der Waals surface area contributed by atoms with Crippen LogP contribution in [0.2, 0.25) is 5.15 Å². The number of hydrogen-bond donors (Lipinski definition) is 3. The van der Waals surface area contributed by atoms with Crippen molar-refractivity contribution in [1.29, 1.82) is 0 Å². The predicted molar refractivity (Wildman–Crippen MR) is 124 cm³/mol. The highest BCUT2D eigenvalue weighted by molar-refractivity contribution is 7.92. The third-order valence-corrected chi connectivity index (χ3v) is 7.25. The van der Waals surface area contributed by atoms with E-state index in [-0.39, 0.29) is 27.6 Å². The number of nitrogens with two attached hydrogens (primary N) is 1. The van der Waals surface area contributed by atoms with E-state index in [4.69, 9.17) is 17.3 Å². The van der Waals surface area contributed by atoms with Crippen LogP contribution < -0.4 is 15.8 Å². The Morgan fingerprint density at radius 2 is 1.90 bits per heavy atom. The number of nitrogens with one attached hydrogen (secondary N) is 2. The van der Waals surface area contributed by atoms with E-state index in [1.807, 2.05) is 13.8 Å². The summed E-state index contributed by atoms with van der Waals surface area (Å²) in [5, 5.41) is 3.14. The minimum Gasteiger partial charge on any atom is -0.320 e. The van der Waals surface area contributed by atoms with Gasteiger partial charge in [0.1, 0.15) is 0 Å². The lowest BCUT2D eigenvalue weighted by atomic mass is 10.1. The van der Waals surface area contributed by atoms with Crippen molar-refractivity contribution in [3.05, 3.63) is 53.4 Å². The molecular weight excluding hydrogens is 458 g/mol. The number of sulfonamides is 1. The van der Waals surface area contributed by atoms with Crippen LogP contribution in [0.4, 0.5) is 10.8 Å². The molecule has 31 heavy (non-hydrogen) atoms. The maximum atomic E-state index is 12.6. The standard InChI is InChI=1S/C20H22ClN5O3S2/c1-11(2)16(22)19(27)25-20-24-12(3)17(30-20)13-9-15(18(21)23-10-13)26-31(28,29)14-7-5-4-6-8-14/h4-11,16,26H,22H2,1-3H3,(H,24,25,27)/t16-/m1/s1. The van der Waals surface area contributed by atoms with E-state index in [2.05, 4.69) is 20.0 Å². The number of pyridine rings is 1. The summed E-state index contributed by atoms with van der Waals surface area (Å²) in [6.07, 6.45) is 1.52. The minimum atomic E-state index is -3.83. The van der Waals surface area contributed by atoms with Gasteiger partial charge in [-0.15, -0.1) is 0 Å². The van der Waals surface area contributed by atoms with Crippen molar-refractivity contribution in [2.24, 2.45) is 11.7 Å². The van der Waals surface area contributed by atoms with Gasteiger partial charge in [-0.05, 0) is 31.0 Å². The van der Waals surface area contributed by atoms with Gasteiger partial charge in [0, 0.05) is 11.8 Å². The van der Waals surface area contributed by atoms with Crippen molar-refractivity contribution in [2.75, 3.05) is 10.0 Å². The maximum Gasteiger partial charge on any atom is 0.261 e. The summed E-state index contributed by atoms with van der Waals surface area (Å²) in [5.41, 5.74) is 7.29. The number of nitrogens with zero attached hydrogens (tertiary/aromatic N) is 2. The summed E-state index contributed by atoms with van der Waals surface area (Å²) < 4.78 is 27.8. The molecule has 1 amide bonds. The first-order chi connectivity index (χ1) is 14.6. The summed E-state index contributed by atoms with van der Waals surface area (Å²) in [5.74, 6) is -0.331. The Hall–Kier alpha value is -2.53. The molecule has 11 heteroatoms. The van der Waals surface area contributed by atoms with Crippen molar-refractivity contribution in [3.63, 3.8) is 0 Å². The van der Waals surface area contributed by atoms with Gasteiger partial charge in [-0.1, -0.05) is 55.0 Å². The van der Waals surface area contributed by atoms with Crippen LogP contribution in [0.1, 0.15) is 19.5 Å². The minimum absolute atomic E-state index is 0.0128. The number of rotatable bonds is 7. The Bertz CT molecular complexity index is 1200. The molecule has 2 aromatic heterocycles. The van der Waals surface area contributed by atoms with Gasteiger partial charge < -0.3 is 11.1 Å². The molecule has 0 saturated heterocycles. The molecule has 8 nitrogen and oxygen atoms in total. The topological polar surface area (TPSA) is 127 Å². The van der Waals surface area contributed by atoms with Crippen LogP contribution >= 0.6 is 22.9 Å². The summed E-state index contributed by atoms with van der Waals surface area (Å²) in [7, 11) is -3.83. The molecule has 164 valence electrons. The number of carbonyl (C=O) groups excluding carboxylic acids is 1. The number of aryl methyl sites for hydroxylation is 1. The first kappa shape index (κ1) is 23.1. The highest BCUT2D eigenvalue weighted by atomic mass is 35.5. The summed E-state index contributed by atoms with van der Waals surface area (Å²) in [4.78, 5) is 21.5. The lowest BCUT2D eigenvalue weighted by Gasteiger charge is -2.13. The number of thiazole rings is 1. The molecule has 0 aliphatic carbocycles. The SMILES string of the molecule is Cc1nc(NC(=O)[C@H](N)C(C)C)sc1-c1cnc(Cl)c(NS(=O)(=O)c2ccccc2)c1. The smallest absolute Gasteiger partial charge is 0.261 e. The largest absolute Gasteiger partial charge is 0.320 e. The molecule has 2 heterocycles. The molecule has 4 N–H and O–H groups in total. The van der Waals surface area contributed by atoms with Gasteiger partial charge in [0.2, 0.25) is 5.91 Å². The zero-order valence-electron chi connectivity index (χ0n) is 17.1. The third-order valence-electron chi connectivity index (χ3n) is 4.45. The number of hydrogen-bond acceptors (Lipinski definition) is 7. The van der Waals surface area contributed by atoms with Crippen LogP contribution in [0.25, 0.3) is 10.4 Å². The normalized spacial score (nSPS) is 12.6. The van der Waals surface area contributed by atoms with E-state index in [1.165, 1.54) is 29.7 Å². The number of benzene rings is 1. The Labute approximate surface area is 189 Å². The highest BCUT2D eigenvalue weighted by Crippen LogP contribution is 2.35. The third kappa shape index (κ3) is 5.40. The van der Waals surface area contributed by atoms with E-state index in [1.54, 1.807) is 31.2 Å². The lowest BCUT2D eigenvalue weighted by Crippen LogP contribution is -2.39. The molecule has 0 spiro atoms. The van der Waals surface area contributed by atoms with Gasteiger partial charge in [-0.2, -0.15) is 0 Å². The average molecular weight is 480 g/mol. The maximum absolute atomic E-state index is 12.6. The Morgan fingerprint density at radius 3 is 2.55 bits per heavy atom. The van der Waals surface area contributed by atoms with Gasteiger partial charge >= 0.3 is 0 Å². The summed E-state index contributed by atoms with van der Waals surface area (Å²) >= 11 is 7.37. The molecule has 3 aromatic rings. The first-order valence-electron chi connectivity index (χ1n) is 9.36. The van der Waals surface area contributed by atoms with E-state index < -0.39 is 16.1 Å². The molecule has 0 saturated carbocycles. The van der Waals surface area contributed by atoms with Crippen molar-refractivity contribution in [2.45, 2.75) is 31.7 Å². The first-order valence-corrected chi connectivity index (χ1v) is 12.0. The second kappa shape index (κ2) is 9.31. The summed E-state index contributed by atoms with van der Waals surface area (Å²) in [6.45, 7) is 5.51. The van der Waals surface area contributed by atoms with E-state index in [9.17, 15) is 13.2 Å². The van der Waals surface area contributed by atoms with Crippen molar-refractivity contribution in [1.82, 2.24) is 9.97 Å². The Balaban J connectivity index is 1.88. The Morgan fingerprint density at radius 1 is 1.23 bits per heavy atom. The Kier molecular flexibility index (Phi) is 6.95. The van der Waals surface area contributed by atoms with Gasteiger partial charge in [0.15, 0.2) is 10.3 Å². The van der Waals surface area contributed by atoms with Gasteiger partial charge in [0.25, 0.3) is 10.0 Å². The lowest BCUT2D eigenvalue weighted by molar-refractivity contribution is -0.118. The van der Waals surface area contributed by atoms with Crippen LogP contribution in [-0.4, -0.2) is 30.3 Å². The second-order valence-corrected chi connectivity index (χ2v) is 10.2. The number of halogens is 1. The van der Waals surface area contributed by atoms with Crippen LogP contribution in [-0.2, 0) is 14.8 Å². The van der Waals surface area contributed by atoms with Gasteiger partial charge in [-0.25, -0.2) is 18.4 Å². The predicted octanol–water partition coefficient (Wildman–Crippen LogP) is 3.89. The van der Waals surface area contributed by atoms with Crippen LogP contribution in [0.5, 0.6) is 0 Å². The fourth-order valence-corrected chi connectivity index (χ4v) is 4.89. The molecule has 3 rings (SSSR count). The molecule has 0 aliphatic rings. The molecule has 1 aromatic carbocycles. The summed E-state index contributed by atoms with van der Waals surface area (Å²) in [6, 6.07) is 8.89. The van der Waals surface area contributed by atoms with E-state index in [0.29, 0.717) is 16.4 Å². The number of aromatic nitrogens is 2. The monoisotopic (exact) mass is 479 g/mol. The second-order valence-electron chi connectivity index (χ2n) is 7.17. The van der Waals surface area contributed by atoms with Gasteiger partial charge in [-0.3, -0.25) is 9.52 Å². The van der Waals surface area contributed by atoms with E-state index in [0.717, 1.165) is 4.88 Å². The molecule has 0 unspecified atom stereocenters. The van der Waals surface area contributed by atoms with Crippen LogP contribution in [0.3, 0.4) is 0 Å². The quantitative estimate of drug-likeness (QED) is 0.441. The zero-order chi connectivity index (χ0) is 22.8. The van der Waals surface area contributed by atoms with Crippen LogP contribution in [0, 0.1) is 12.8 Å². The number of amides is 1. The molecule has 1 atom stereocenters. The molecule has 0 aliphatic heterocycles. The zero-order valence-corrected chi connectivity index (χ0v) is 19.5. The van der Waals surface area contributed by atoms with Crippen LogP contribution in [0.15, 0.2) is 47.5 Å². The average Bonchev–Trinajstić information content (AvgIpc) is 3.09. The molecule has 0 bridgehead atoms. The fourth-order valence-electron chi connectivity index (χ4n) is 2.66. The molecule has 0 radical (unpaired) electrons. The number of carbonyl (C=O) groups is 1. The van der Waals surface area contributed by atoms with Gasteiger partial charge in [0.05, 0.1) is 27.2 Å². The number of anilines is 2. The van der Waals surface area contributed by atoms with Crippen molar-refractivity contribution in [3.8, 4) is 10.4 Å². The molecular formula is C20H22ClN5O3S2. The van der Waals surface area contributed by atoms with Crippen molar-refractivity contribution >= 4 is 49.7 Å². The fraction of sp³-hybridized carbons (Fsp3) is 0.250.